The van der Waals surface area contributed by atoms with E-state index in [2.05, 4.69) is 0 Å². The van der Waals surface area contributed by atoms with Crippen LogP contribution in [0.5, 0.6) is 0 Å². The minimum Gasteiger partial charge on any atom is -0.384 e. The zero-order chi connectivity index (χ0) is 17.4. The summed E-state index contributed by atoms with van der Waals surface area (Å²) in [6, 6.07) is 0. The Labute approximate surface area is 151 Å². The van der Waals surface area contributed by atoms with E-state index in [1.165, 1.54) is 38.5 Å². The number of nitrogens with zero attached hydrogens (tertiary/aromatic N) is 2. The molecule has 5 nitrogen and oxygen atoms in total. The van der Waals surface area contributed by atoms with E-state index in [1.807, 2.05) is 9.80 Å². The molecule has 0 radical (unpaired) electrons. The molecule has 140 valence electrons. The van der Waals surface area contributed by atoms with Crippen LogP contribution in [-0.4, -0.2) is 61.5 Å². The van der Waals surface area contributed by atoms with Crippen molar-refractivity contribution in [3.63, 3.8) is 0 Å². The van der Waals surface area contributed by atoms with Gasteiger partial charge in [0.1, 0.15) is 0 Å². The van der Waals surface area contributed by atoms with Crippen LogP contribution < -0.4 is 0 Å². The monoisotopic (exact) mass is 348 g/mol. The van der Waals surface area contributed by atoms with Crippen molar-refractivity contribution in [2.24, 2.45) is 23.2 Å². The molecule has 5 rings (SSSR count). The Morgan fingerprint density at radius 3 is 1.84 bits per heavy atom. The predicted octanol–water partition coefficient (Wildman–Crippen LogP) is 2.30. The lowest BCUT2D eigenvalue weighted by molar-refractivity contribution is -0.145. The molecule has 0 aromatic rings. The van der Waals surface area contributed by atoms with Gasteiger partial charge >= 0.3 is 0 Å². The average molecular weight is 348 g/mol. The molecule has 0 unspecified atom stereocenters. The van der Waals surface area contributed by atoms with Gasteiger partial charge in [-0.2, -0.15) is 0 Å². The van der Waals surface area contributed by atoms with Gasteiger partial charge in [0.15, 0.2) is 0 Å². The Morgan fingerprint density at radius 2 is 1.36 bits per heavy atom. The highest BCUT2D eigenvalue weighted by atomic mass is 16.5. The Morgan fingerprint density at radius 1 is 0.880 bits per heavy atom. The highest BCUT2D eigenvalue weighted by Gasteiger charge is 2.51. The molecule has 1 heterocycles. The fourth-order valence-electron chi connectivity index (χ4n) is 6.49. The molecule has 0 aromatic heterocycles. The van der Waals surface area contributed by atoms with E-state index in [1.54, 1.807) is 7.11 Å². The molecular weight excluding hydrogens is 316 g/mol. The molecule has 5 aliphatic rings. The maximum atomic E-state index is 12.9. The van der Waals surface area contributed by atoms with Crippen LogP contribution in [0.4, 0.5) is 0 Å². The quantitative estimate of drug-likeness (QED) is 0.766. The van der Waals surface area contributed by atoms with Crippen LogP contribution in [0.2, 0.25) is 0 Å². The first-order valence-electron chi connectivity index (χ1n) is 10.1. The lowest BCUT2D eigenvalue weighted by atomic mass is 9.49. The fraction of sp³-hybridized carbons (Fsp3) is 0.900. The number of hydrogen-bond donors (Lipinski definition) is 0. The molecule has 0 atom stereocenters. The van der Waals surface area contributed by atoms with Crippen LogP contribution in [0.15, 0.2) is 0 Å². The van der Waals surface area contributed by atoms with E-state index in [9.17, 15) is 9.59 Å². The molecule has 1 aliphatic heterocycles. The third kappa shape index (κ3) is 3.57. The van der Waals surface area contributed by atoms with E-state index in [-0.39, 0.29) is 5.91 Å². The molecule has 2 amide bonds. The van der Waals surface area contributed by atoms with Crippen molar-refractivity contribution in [3.8, 4) is 0 Å². The summed E-state index contributed by atoms with van der Waals surface area (Å²) in [4.78, 5) is 28.9. The second kappa shape index (κ2) is 6.90. The second-order valence-corrected chi connectivity index (χ2v) is 9.10. The highest BCUT2D eigenvalue weighted by molar-refractivity contribution is 5.79. The van der Waals surface area contributed by atoms with E-state index >= 15 is 0 Å². The van der Waals surface area contributed by atoms with Gasteiger partial charge in [-0.15, -0.1) is 0 Å². The van der Waals surface area contributed by atoms with Crippen LogP contribution in [0.25, 0.3) is 0 Å². The molecule has 5 heteroatoms. The predicted molar refractivity (Wildman–Crippen MR) is 94.9 cm³/mol. The summed E-state index contributed by atoms with van der Waals surface area (Å²) in [7, 11) is 1.62. The first-order chi connectivity index (χ1) is 12.1. The minimum atomic E-state index is 0.148. The standard InChI is InChI=1S/C20H32N2O3/c1-25-7-2-18(23)21-3-5-22(6-4-21)19(24)14-20-11-15-8-16(12-20)10-17(9-15)13-20/h15-17H,2-14H2,1H3. The van der Waals surface area contributed by atoms with Crippen molar-refractivity contribution in [2.75, 3.05) is 39.9 Å². The van der Waals surface area contributed by atoms with Gasteiger partial charge in [0, 0.05) is 39.7 Å². The number of rotatable bonds is 5. The first kappa shape index (κ1) is 17.3. The second-order valence-electron chi connectivity index (χ2n) is 9.10. The van der Waals surface area contributed by atoms with Gasteiger partial charge in [-0.05, 0) is 61.7 Å². The molecule has 0 aromatic carbocycles. The molecule has 4 aliphatic carbocycles. The Kier molecular flexibility index (Phi) is 4.78. The van der Waals surface area contributed by atoms with Gasteiger partial charge in [-0.3, -0.25) is 9.59 Å². The van der Waals surface area contributed by atoms with Crippen molar-refractivity contribution in [2.45, 2.75) is 51.4 Å². The third-order valence-corrected chi connectivity index (χ3v) is 7.20. The smallest absolute Gasteiger partial charge is 0.225 e. The molecule has 0 N–H and O–H groups in total. The lowest BCUT2D eigenvalue weighted by Gasteiger charge is -2.57. The molecule has 1 saturated heterocycles. The first-order valence-corrected chi connectivity index (χ1v) is 10.1. The number of carbonyl (C=O) groups is 2. The molecular formula is C20H32N2O3. The van der Waals surface area contributed by atoms with Crippen LogP contribution in [0, 0.1) is 23.2 Å². The fourth-order valence-corrected chi connectivity index (χ4v) is 6.49. The maximum absolute atomic E-state index is 12.9. The van der Waals surface area contributed by atoms with Crippen LogP contribution in [0.3, 0.4) is 0 Å². The zero-order valence-electron chi connectivity index (χ0n) is 15.5. The number of hydrogen-bond acceptors (Lipinski definition) is 3. The van der Waals surface area contributed by atoms with E-state index in [0.717, 1.165) is 24.2 Å². The average Bonchev–Trinajstić information content (AvgIpc) is 2.58. The number of amides is 2. The largest absolute Gasteiger partial charge is 0.384 e. The van der Waals surface area contributed by atoms with Crippen molar-refractivity contribution >= 4 is 11.8 Å². The Bertz CT molecular complexity index is 490. The van der Waals surface area contributed by atoms with Gasteiger partial charge in [0.2, 0.25) is 11.8 Å². The highest BCUT2D eigenvalue weighted by Crippen LogP contribution is 2.61. The van der Waals surface area contributed by atoms with Gasteiger partial charge in [0.25, 0.3) is 0 Å². The van der Waals surface area contributed by atoms with Crippen molar-refractivity contribution in [1.29, 1.82) is 0 Å². The van der Waals surface area contributed by atoms with Gasteiger partial charge in [-0.25, -0.2) is 0 Å². The van der Waals surface area contributed by atoms with Crippen LogP contribution in [0.1, 0.15) is 51.4 Å². The third-order valence-electron chi connectivity index (χ3n) is 7.20. The van der Waals surface area contributed by atoms with Crippen molar-refractivity contribution in [1.82, 2.24) is 9.80 Å². The summed E-state index contributed by atoms with van der Waals surface area (Å²) in [5, 5.41) is 0. The minimum absolute atomic E-state index is 0.148. The Hall–Kier alpha value is -1.10. The SMILES string of the molecule is COCCC(=O)N1CCN(C(=O)CC23CC4CC(CC(C4)C2)C3)CC1. The van der Waals surface area contributed by atoms with E-state index in [4.69, 9.17) is 4.74 Å². The summed E-state index contributed by atoms with van der Waals surface area (Å²) in [6.45, 7) is 3.22. The summed E-state index contributed by atoms with van der Waals surface area (Å²) in [5.74, 6) is 3.18. The molecule has 4 bridgehead atoms. The van der Waals surface area contributed by atoms with Gasteiger partial charge < -0.3 is 14.5 Å². The zero-order valence-corrected chi connectivity index (χ0v) is 15.5. The molecule has 4 saturated carbocycles. The van der Waals surface area contributed by atoms with Crippen LogP contribution in [-0.2, 0) is 14.3 Å². The van der Waals surface area contributed by atoms with Gasteiger partial charge in [-0.1, -0.05) is 0 Å². The normalized spacial score (nSPS) is 36.8. The number of carbonyl (C=O) groups excluding carboxylic acids is 2. The van der Waals surface area contributed by atoms with Gasteiger partial charge in [0.05, 0.1) is 13.0 Å². The molecule has 0 spiro atoms. The van der Waals surface area contributed by atoms with E-state index in [0.29, 0.717) is 50.5 Å². The summed E-state index contributed by atoms with van der Waals surface area (Å²) in [5.41, 5.74) is 0.317. The summed E-state index contributed by atoms with van der Waals surface area (Å²) in [6.07, 6.45) is 9.35. The van der Waals surface area contributed by atoms with E-state index < -0.39 is 0 Å². The number of piperazine rings is 1. The van der Waals surface area contributed by atoms with Crippen molar-refractivity contribution < 1.29 is 14.3 Å². The summed E-state index contributed by atoms with van der Waals surface area (Å²) >= 11 is 0. The molecule has 25 heavy (non-hydrogen) atoms. The summed E-state index contributed by atoms with van der Waals surface area (Å²) < 4.78 is 4.98. The van der Waals surface area contributed by atoms with Crippen LogP contribution >= 0.6 is 0 Å². The number of ether oxygens (including phenoxy) is 1. The molecule has 5 fully saturated rings. The maximum Gasteiger partial charge on any atom is 0.225 e. The van der Waals surface area contributed by atoms with Crippen molar-refractivity contribution in [3.05, 3.63) is 0 Å². The number of methoxy groups -OCH3 is 1. The lowest BCUT2D eigenvalue weighted by Crippen LogP contribution is -2.53. The Balaban J connectivity index is 1.29. The topological polar surface area (TPSA) is 49.9 Å².